The molecule has 0 aliphatic carbocycles. The Morgan fingerprint density at radius 3 is 2.75 bits per heavy atom. The van der Waals surface area contributed by atoms with Crippen molar-refractivity contribution in [3.63, 3.8) is 0 Å². The predicted octanol–water partition coefficient (Wildman–Crippen LogP) is 3.00. The van der Waals surface area contributed by atoms with Crippen LogP contribution in [0.25, 0.3) is 0 Å². The number of rotatable bonds is 1. The summed E-state index contributed by atoms with van der Waals surface area (Å²) in [5.74, 6) is -1.15. The fourth-order valence-corrected chi connectivity index (χ4v) is 2.18. The van der Waals surface area contributed by atoms with Gasteiger partial charge in [0.15, 0.2) is 0 Å². The van der Waals surface area contributed by atoms with Crippen LogP contribution in [0.4, 0.5) is 14.5 Å². The predicted molar refractivity (Wildman–Crippen MR) is 70.0 cm³/mol. The van der Waals surface area contributed by atoms with Crippen LogP contribution in [-0.2, 0) is 0 Å². The topological polar surface area (TPSA) is 29.5 Å². The molecule has 2 aromatic rings. The van der Waals surface area contributed by atoms with Gasteiger partial charge in [0.05, 0.1) is 17.8 Å². The van der Waals surface area contributed by atoms with Crippen LogP contribution in [0.1, 0.15) is 10.4 Å². The number of ether oxygens (including phenoxy) is 1. The van der Waals surface area contributed by atoms with Crippen LogP contribution in [0.2, 0.25) is 0 Å². The van der Waals surface area contributed by atoms with Crippen molar-refractivity contribution in [2.75, 3.05) is 18.1 Å². The third kappa shape index (κ3) is 2.11. The van der Waals surface area contributed by atoms with E-state index in [1.807, 2.05) is 0 Å². The molecule has 0 saturated carbocycles. The molecule has 0 aromatic heterocycles. The van der Waals surface area contributed by atoms with Gasteiger partial charge in [0, 0.05) is 6.07 Å². The Balaban J connectivity index is 2.03. The lowest BCUT2D eigenvalue weighted by Gasteiger charge is -2.29. The first-order chi connectivity index (χ1) is 9.66. The summed E-state index contributed by atoms with van der Waals surface area (Å²) in [6, 6.07) is 9.67. The van der Waals surface area contributed by atoms with Crippen molar-refractivity contribution in [1.29, 1.82) is 0 Å². The summed E-state index contributed by atoms with van der Waals surface area (Å²) in [7, 11) is 0. The summed E-state index contributed by atoms with van der Waals surface area (Å²) in [4.78, 5) is 13.7. The van der Waals surface area contributed by atoms with E-state index in [4.69, 9.17) is 4.74 Å². The minimum atomic E-state index is -0.595. The molecule has 0 radical (unpaired) electrons. The zero-order valence-corrected chi connectivity index (χ0v) is 10.5. The number of hydrogen-bond acceptors (Lipinski definition) is 2. The quantitative estimate of drug-likeness (QED) is 0.800. The van der Waals surface area contributed by atoms with Crippen molar-refractivity contribution in [1.82, 2.24) is 0 Å². The zero-order chi connectivity index (χ0) is 14.1. The van der Waals surface area contributed by atoms with E-state index in [0.29, 0.717) is 18.0 Å². The van der Waals surface area contributed by atoms with Crippen molar-refractivity contribution in [2.24, 2.45) is 0 Å². The van der Waals surface area contributed by atoms with Gasteiger partial charge < -0.3 is 9.64 Å². The van der Waals surface area contributed by atoms with Crippen molar-refractivity contribution < 1.29 is 18.3 Å². The molecule has 0 saturated heterocycles. The highest BCUT2D eigenvalue weighted by Crippen LogP contribution is 2.33. The minimum Gasteiger partial charge on any atom is -0.490 e. The fraction of sp³-hybridized carbons (Fsp3) is 0.133. The number of carbonyl (C=O) groups is 1. The maximum Gasteiger partial charge on any atom is 0.261 e. The summed E-state index contributed by atoms with van der Waals surface area (Å²) in [6.07, 6.45) is 0. The van der Waals surface area contributed by atoms with E-state index in [9.17, 15) is 13.6 Å². The van der Waals surface area contributed by atoms with E-state index in [-0.39, 0.29) is 12.1 Å². The van der Waals surface area contributed by atoms with Crippen LogP contribution in [0, 0.1) is 11.6 Å². The largest absolute Gasteiger partial charge is 0.490 e. The molecule has 1 aliphatic rings. The highest BCUT2D eigenvalue weighted by Gasteiger charge is 2.26. The number of benzene rings is 2. The second-order valence-corrected chi connectivity index (χ2v) is 4.40. The molecular weight excluding hydrogens is 264 g/mol. The molecular formula is C15H11F2NO2. The Hall–Kier alpha value is -2.43. The summed E-state index contributed by atoms with van der Waals surface area (Å²) in [5, 5.41) is 0. The van der Waals surface area contributed by atoms with Gasteiger partial charge in [-0.05, 0) is 24.3 Å². The average Bonchev–Trinajstić information content (AvgIpc) is 2.46. The molecule has 1 aliphatic heterocycles. The smallest absolute Gasteiger partial charge is 0.261 e. The van der Waals surface area contributed by atoms with Crippen molar-refractivity contribution in [2.45, 2.75) is 0 Å². The molecule has 3 rings (SSSR count). The molecule has 0 unspecified atom stereocenters. The molecule has 3 nitrogen and oxygen atoms in total. The average molecular weight is 275 g/mol. The Morgan fingerprint density at radius 1 is 1.15 bits per heavy atom. The lowest BCUT2D eigenvalue weighted by Crippen LogP contribution is -2.38. The Morgan fingerprint density at radius 2 is 1.95 bits per heavy atom. The number of nitrogens with zero attached hydrogens (tertiary/aromatic N) is 1. The van der Waals surface area contributed by atoms with Gasteiger partial charge in [0.2, 0.25) is 0 Å². The van der Waals surface area contributed by atoms with Gasteiger partial charge in [-0.25, -0.2) is 8.78 Å². The van der Waals surface area contributed by atoms with Crippen LogP contribution in [0.3, 0.4) is 0 Å². The molecule has 1 amide bonds. The van der Waals surface area contributed by atoms with Gasteiger partial charge >= 0.3 is 0 Å². The first-order valence-electron chi connectivity index (χ1n) is 6.15. The maximum absolute atomic E-state index is 13.7. The third-order valence-electron chi connectivity index (χ3n) is 3.13. The molecule has 0 atom stereocenters. The Labute approximate surface area is 114 Å². The van der Waals surface area contributed by atoms with Crippen LogP contribution >= 0.6 is 0 Å². The Bertz CT molecular complexity index is 673. The number of halogens is 2. The molecule has 0 bridgehead atoms. The van der Waals surface area contributed by atoms with Gasteiger partial charge in [-0.15, -0.1) is 0 Å². The summed E-state index contributed by atoms with van der Waals surface area (Å²) in [5.41, 5.74) is 0.286. The molecule has 5 heteroatoms. The van der Waals surface area contributed by atoms with E-state index < -0.39 is 17.5 Å². The van der Waals surface area contributed by atoms with E-state index in [0.717, 1.165) is 0 Å². The first kappa shape index (κ1) is 12.6. The Kier molecular flexibility index (Phi) is 3.10. The van der Waals surface area contributed by atoms with Gasteiger partial charge in [-0.3, -0.25) is 4.79 Å². The zero-order valence-electron chi connectivity index (χ0n) is 10.5. The second-order valence-electron chi connectivity index (χ2n) is 4.40. The van der Waals surface area contributed by atoms with Gasteiger partial charge in [-0.2, -0.15) is 0 Å². The third-order valence-corrected chi connectivity index (χ3v) is 3.13. The standard InChI is InChI=1S/C15H11F2NO2/c16-10-5-6-14-13(9-10)18(7-8-20-14)15(19)11-3-1-2-4-12(11)17/h1-6,9H,7-8H2. The normalized spacial score (nSPS) is 13.6. The molecule has 0 N–H and O–H groups in total. The van der Waals surface area contributed by atoms with Crippen LogP contribution in [-0.4, -0.2) is 19.1 Å². The fourth-order valence-electron chi connectivity index (χ4n) is 2.18. The number of amides is 1. The lowest BCUT2D eigenvalue weighted by atomic mass is 10.1. The van der Waals surface area contributed by atoms with Crippen molar-refractivity contribution in [3.05, 3.63) is 59.7 Å². The van der Waals surface area contributed by atoms with Crippen LogP contribution < -0.4 is 9.64 Å². The summed E-state index contributed by atoms with van der Waals surface area (Å²) >= 11 is 0. The number of carbonyl (C=O) groups excluding carboxylic acids is 1. The second kappa shape index (κ2) is 4.92. The molecule has 20 heavy (non-hydrogen) atoms. The molecule has 0 fully saturated rings. The molecule has 1 heterocycles. The van der Waals surface area contributed by atoms with Gasteiger partial charge in [0.1, 0.15) is 24.0 Å². The monoisotopic (exact) mass is 275 g/mol. The molecule has 0 spiro atoms. The summed E-state index contributed by atoms with van der Waals surface area (Å²) in [6.45, 7) is 0.544. The van der Waals surface area contributed by atoms with E-state index in [2.05, 4.69) is 0 Å². The number of fused-ring (bicyclic) bond motifs is 1. The van der Waals surface area contributed by atoms with E-state index >= 15 is 0 Å². The van der Waals surface area contributed by atoms with Crippen molar-refractivity contribution >= 4 is 11.6 Å². The summed E-state index contributed by atoms with van der Waals surface area (Å²) < 4.78 is 32.4. The van der Waals surface area contributed by atoms with Crippen LogP contribution in [0.15, 0.2) is 42.5 Å². The van der Waals surface area contributed by atoms with E-state index in [1.54, 1.807) is 6.07 Å². The van der Waals surface area contributed by atoms with E-state index in [1.165, 1.54) is 41.3 Å². The minimum absolute atomic E-state index is 0.0374. The number of anilines is 1. The lowest BCUT2D eigenvalue weighted by molar-refractivity contribution is 0.0972. The SMILES string of the molecule is O=C(c1ccccc1F)N1CCOc2ccc(F)cc21. The maximum atomic E-state index is 13.7. The van der Waals surface area contributed by atoms with Gasteiger partial charge in [0.25, 0.3) is 5.91 Å². The highest BCUT2D eigenvalue weighted by molar-refractivity contribution is 6.07. The van der Waals surface area contributed by atoms with Crippen LogP contribution in [0.5, 0.6) is 5.75 Å². The van der Waals surface area contributed by atoms with Crippen molar-refractivity contribution in [3.8, 4) is 5.75 Å². The molecule has 102 valence electrons. The van der Waals surface area contributed by atoms with Gasteiger partial charge in [-0.1, -0.05) is 12.1 Å². The highest BCUT2D eigenvalue weighted by atomic mass is 19.1. The molecule has 2 aromatic carbocycles. The number of hydrogen-bond donors (Lipinski definition) is 0. The first-order valence-corrected chi connectivity index (χ1v) is 6.15.